The lowest BCUT2D eigenvalue weighted by molar-refractivity contribution is -0.128. The van der Waals surface area contributed by atoms with Crippen molar-refractivity contribution in [3.8, 4) is 0 Å². The minimum atomic E-state index is -0.125. The Bertz CT molecular complexity index is 407. The van der Waals surface area contributed by atoms with Crippen molar-refractivity contribution in [2.45, 2.75) is 45.2 Å². The Morgan fingerprint density at radius 1 is 1.21 bits per heavy atom. The van der Waals surface area contributed by atoms with Gasteiger partial charge in [0.15, 0.2) is 0 Å². The van der Waals surface area contributed by atoms with Crippen molar-refractivity contribution in [1.82, 2.24) is 20.4 Å². The van der Waals surface area contributed by atoms with Gasteiger partial charge in [-0.25, -0.2) is 0 Å². The molecule has 2 aliphatic rings. The molecule has 1 atom stereocenters. The van der Waals surface area contributed by atoms with Crippen LogP contribution in [0.1, 0.15) is 33.1 Å². The van der Waals surface area contributed by atoms with Crippen LogP contribution in [0, 0.1) is 0 Å². The second-order valence-corrected chi connectivity index (χ2v) is 6.67. The van der Waals surface area contributed by atoms with Gasteiger partial charge in [0.2, 0.25) is 11.8 Å². The number of amides is 2. The Balaban J connectivity index is 1.59. The summed E-state index contributed by atoms with van der Waals surface area (Å²) < 4.78 is 5.26. The van der Waals surface area contributed by atoms with Crippen molar-refractivity contribution in [3.63, 3.8) is 0 Å². The molecule has 24 heavy (non-hydrogen) atoms. The Hall–Kier alpha value is -1.18. The zero-order chi connectivity index (χ0) is 17.4. The summed E-state index contributed by atoms with van der Waals surface area (Å²) in [4.78, 5) is 28.4. The first-order valence-corrected chi connectivity index (χ1v) is 9.21. The fourth-order valence-corrected chi connectivity index (χ4v) is 2.86. The summed E-state index contributed by atoms with van der Waals surface area (Å²) in [5.41, 5.74) is 0. The lowest BCUT2D eigenvalue weighted by Gasteiger charge is -2.37. The van der Waals surface area contributed by atoms with Crippen LogP contribution in [0.25, 0.3) is 0 Å². The number of rotatable bonds is 10. The van der Waals surface area contributed by atoms with Crippen LogP contribution < -0.4 is 10.6 Å². The first-order chi connectivity index (χ1) is 11.6. The third-order valence-electron chi connectivity index (χ3n) is 4.61. The van der Waals surface area contributed by atoms with E-state index in [0.717, 1.165) is 45.4 Å². The van der Waals surface area contributed by atoms with E-state index in [-0.39, 0.29) is 17.9 Å². The molecule has 1 saturated carbocycles. The first-order valence-electron chi connectivity index (χ1n) is 9.21. The van der Waals surface area contributed by atoms with Gasteiger partial charge in [0.05, 0.1) is 12.6 Å². The minimum absolute atomic E-state index is 0.0754. The van der Waals surface area contributed by atoms with Crippen LogP contribution >= 0.6 is 0 Å². The summed E-state index contributed by atoms with van der Waals surface area (Å²) in [6.45, 7) is 9.77. The number of ether oxygens (including phenoxy) is 1. The molecule has 1 aliphatic heterocycles. The predicted octanol–water partition coefficient (Wildman–Crippen LogP) is -0.186. The average Bonchev–Trinajstić information content (AvgIpc) is 3.38. The maximum Gasteiger partial charge on any atom is 0.237 e. The normalized spacial score (nSPS) is 20.6. The molecule has 1 unspecified atom stereocenters. The van der Waals surface area contributed by atoms with E-state index in [9.17, 15) is 9.59 Å². The smallest absolute Gasteiger partial charge is 0.237 e. The van der Waals surface area contributed by atoms with Gasteiger partial charge in [-0.05, 0) is 33.1 Å². The molecular formula is C17H32N4O3. The summed E-state index contributed by atoms with van der Waals surface area (Å²) >= 11 is 0. The Labute approximate surface area is 145 Å². The zero-order valence-electron chi connectivity index (χ0n) is 15.1. The number of nitrogens with one attached hydrogen (secondary N) is 2. The van der Waals surface area contributed by atoms with E-state index in [2.05, 4.69) is 20.4 Å². The molecule has 2 N–H and O–H groups in total. The number of carbonyl (C=O) groups is 2. The second kappa shape index (κ2) is 9.96. The van der Waals surface area contributed by atoms with Crippen molar-refractivity contribution >= 4 is 11.8 Å². The molecule has 1 heterocycles. The van der Waals surface area contributed by atoms with Crippen molar-refractivity contribution in [3.05, 3.63) is 0 Å². The molecule has 7 nitrogen and oxygen atoms in total. The highest BCUT2D eigenvalue weighted by Crippen LogP contribution is 2.18. The first kappa shape index (κ1) is 19.1. The van der Waals surface area contributed by atoms with E-state index in [1.165, 1.54) is 0 Å². The van der Waals surface area contributed by atoms with Crippen LogP contribution in [-0.4, -0.2) is 86.2 Å². The quantitative estimate of drug-likeness (QED) is 0.540. The van der Waals surface area contributed by atoms with Gasteiger partial charge < -0.3 is 15.4 Å². The van der Waals surface area contributed by atoms with Crippen molar-refractivity contribution in [2.24, 2.45) is 0 Å². The molecule has 2 fully saturated rings. The number of carbonyl (C=O) groups excluding carboxylic acids is 2. The largest absolute Gasteiger partial charge is 0.382 e. The lowest BCUT2D eigenvalue weighted by Crippen LogP contribution is -2.55. The maximum absolute atomic E-state index is 12.2. The van der Waals surface area contributed by atoms with Crippen molar-refractivity contribution in [2.75, 3.05) is 52.5 Å². The fourth-order valence-electron chi connectivity index (χ4n) is 2.86. The summed E-state index contributed by atoms with van der Waals surface area (Å²) in [6.07, 6.45) is 3.09. The molecule has 0 aromatic carbocycles. The number of nitrogens with zero attached hydrogens (tertiary/aromatic N) is 2. The monoisotopic (exact) mass is 340 g/mol. The second-order valence-electron chi connectivity index (χ2n) is 6.67. The lowest BCUT2D eigenvalue weighted by atomic mass is 10.2. The van der Waals surface area contributed by atoms with Gasteiger partial charge in [0.1, 0.15) is 0 Å². The third kappa shape index (κ3) is 6.75. The highest BCUT2D eigenvalue weighted by atomic mass is 16.5. The molecule has 0 radical (unpaired) electrons. The van der Waals surface area contributed by atoms with Crippen LogP contribution in [0.15, 0.2) is 0 Å². The van der Waals surface area contributed by atoms with Crippen LogP contribution in [0.3, 0.4) is 0 Å². The van der Waals surface area contributed by atoms with Crippen LogP contribution in [-0.2, 0) is 14.3 Å². The number of piperazine rings is 1. The summed E-state index contributed by atoms with van der Waals surface area (Å²) in [6, 6.07) is 0.296. The molecule has 2 rings (SSSR count). The van der Waals surface area contributed by atoms with Crippen LogP contribution in [0.4, 0.5) is 0 Å². The summed E-state index contributed by atoms with van der Waals surface area (Å²) in [5.74, 6) is 0.206. The molecule has 0 aromatic heterocycles. The number of hydrogen-bond acceptors (Lipinski definition) is 5. The van der Waals surface area contributed by atoms with Crippen molar-refractivity contribution in [1.29, 1.82) is 0 Å². The van der Waals surface area contributed by atoms with Gasteiger partial charge >= 0.3 is 0 Å². The molecule has 2 amide bonds. The third-order valence-corrected chi connectivity index (χ3v) is 4.61. The van der Waals surface area contributed by atoms with Gasteiger partial charge in [-0.3, -0.25) is 19.4 Å². The Morgan fingerprint density at radius 2 is 1.92 bits per heavy atom. The molecule has 1 aliphatic carbocycles. The SMILES string of the molecule is CCOCCCNC(=O)C(C)N1CCN(CC(=O)NC2CC2)CC1. The van der Waals surface area contributed by atoms with Gasteiger partial charge in [0.25, 0.3) is 0 Å². The minimum Gasteiger partial charge on any atom is -0.382 e. The van der Waals surface area contributed by atoms with Gasteiger partial charge in [-0.2, -0.15) is 0 Å². The average molecular weight is 340 g/mol. The molecular weight excluding hydrogens is 308 g/mol. The molecule has 0 aromatic rings. The van der Waals surface area contributed by atoms with Crippen molar-refractivity contribution < 1.29 is 14.3 Å². The van der Waals surface area contributed by atoms with Crippen LogP contribution in [0.2, 0.25) is 0 Å². The molecule has 1 saturated heterocycles. The zero-order valence-corrected chi connectivity index (χ0v) is 15.1. The van der Waals surface area contributed by atoms with E-state index < -0.39 is 0 Å². The molecule has 138 valence electrons. The maximum atomic E-state index is 12.2. The van der Waals surface area contributed by atoms with E-state index in [4.69, 9.17) is 4.74 Å². The number of hydrogen-bond donors (Lipinski definition) is 2. The van der Waals surface area contributed by atoms with E-state index in [1.807, 2.05) is 13.8 Å². The Kier molecular flexibility index (Phi) is 7.94. The highest BCUT2D eigenvalue weighted by Gasteiger charge is 2.27. The Morgan fingerprint density at radius 3 is 2.54 bits per heavy atom. The standard InChI is InChI=1S/C17H32N4O3/c1-3-24-12-4-7-18-17(23)14(2)21-10-8-20(9-11-21)13-16(22)19-15-5-6-15/h14-15H,3-13H2,1-2H3,(H,18,23)(H,19,22). The van der Waals surface area contributed by atoms with Crippen LogP contribution in [0.5, 0.6) is 0 Å². The topological polar surface area (TPSA) is 73.9 Å². The molecule has 0 bridgehead atoms. The van der Waals surface area contributed by atoms with Gasteiger partial charge in [0, 0.05) is 52.0 Å². The fraction of sp³-hybridized carbons (Fsp3) is 0.882. The molecule has 0 spiro atoms. The predicted molar refractivity (Wildman–Crippen MR) is 92.8 cm³/mol. The molecule has 7 heteroatoms. The highest BCUT2D eigenvalue weighted by molar-refractivity contribution is 5.81. The summed E-state index contributed by atoms with van der Waals surface area (Å²) in [7, 11) is 0. The van der Waals surface area contributed by atoms with E-state index >= 15 is 0 Å². The van der Waals surface area contributed by atoms with E-state index in [0.29, 0.717) is 32.3 Å². The van der Waals surface area contributed by atoms with E-state index in [1.54, 1.807) is 0 Å². The summed E-state index contributed by atoms with van der Waals surface area (Å²) in [5, 5.41) is 5.99. The van der Waals surface area contributed by atoms with Gasteiger partial charge in [-0.15, -0.1) is 0 Å². The van der Waals surface area contributed by atoms with Gasteiger partial charge in [-0.1, -0.05) is 0 Å².